The van der Waals surface area contributed by atoms with Crippen LogP contribution in [-0.4, -0.2) is 5.25 Å². The fourth-order valence-corrected chi connectivity index (χ4v) is 1.74. The number of hydrazine groups is 1. The Balaban J connectivity index is 2.65. The maximum absolute atomic E-state index is 5.24. The van der Waals surface area contributed by atoms with Gasteiger partial charge in [0.25, 0.3) is 0 Å². The van der Waals surface area contributed by atoms with Gasteiger partial charge in [0.1, 0.15) is 0 Å². The lowest BCUT2D eigenvalue weighted by Gasteiger charge is -2.05. The van der Waals surface area contributed by atoms with E-state index >= 15 is 0 Å². The Kier molecular flexibility index (Phi) is 3.44. The van der Waals surface area contributed by atoms with E-state index in [1.165, 1.54) is 4.90 Å². The summed E-state index contributed by atoms with van der Waals surface area (Å²) in [6, 6.07) is 8.09. The van der Waals surface area contributed by atoms with Crippen LogP contribution in [0.3, 0.4) is 0 Å². The molecule has 66 valence electrons. The number of thioether (sulfide) groups is 1. The molecule has 0 atom stereocenters. The number of nitrogens with two attached hydrogens (primary N) is 1. The maximum atomic E-state index is 5.24. The smallest absolute Gasteiger partial charge is 0.0485 e. The zero-order chi connectivity index (χ0) is 8.97. The quantitative estimate of drug-likeness (QED) is 0.428. The topological polar surface area (TPSA) is 38.0 Å². The minimum Gasteiger partial charge on any atom is -0.324 e. The minimum absolute atomic E-state index is 0.627. The van der Waals surface area contributed by atoms with E-state index in [4.69, 9.17) is 5.84 Å². The molecule has 0 aliphatic heterocycles. The largest absolute Gasteiger partial charge is 0.324 e. The number of benzene rings is 1. The zero-order valence-corrected chi connectivity index (χ0v) is 8.19. The summed E-state index contributed by atoms with van der Waals surface area (Å²) in [6.45, 7) is 4.36. The molecule has 12 heavy (non-hydrogen) atoms. The van der Waals surface area contributed by atoms with E-state index < -0.39 is 0 Å². The van der Waals surface area contributed by atoms with Crippen molar-refractivity contribution in [2.24, 2.45) is 5.84 Å². The average molecular weight is 182 g/mol. The molecule has 1 rings (SSSR count). The van der Waals surface area contributed by atoms with Gasteiger partial charge in [-0.1, -0.05) is 13.8 Å². The van der Waals surface area contributed by atoms with Gasteiger partial charge in [-0.15, -0.1) is 11.8 Å². The van der Waals surface area contributed by atoms with Gasteiger partial charge in [-0.3, -0.25) is 5.84 Å². The Labute approximate surface area is 77.5 Å². The Bertz CT molecular complexity index is 231. The van der Waals surface area contributed by atoms with Crippen molar-refractivity contribution < 1.29 is 0 Å². The second kappa shape index (κ2) is 4.38. The predicted molar refractivity (Wildman–Crippen MR) is 55.2 cm³/mol. The van der Waals surface area contributed by atoms with Crippen molar-refractivity contribution in [3.8, 4) is 0 Å². The van der Waals surface area contributed by atoms with E-state index in [2.05, 4.69) is 31.4 Å². The third-order valence-electron chi connectivity index (χ3n) is 1.39. The SMILES string of the molecule is CC(C)Sc1ccc(NN)cc1. The summed E-state index contributed by atoms with van der Waals surface area (Å²) in [5, 5.41) is 0.627. The van der Waals surface area contributed by atoms with Crippen LogP contribution in [0, 0.1) is 0 Å². The number of hydrogen-bond donors (Lipinski definition) is 2. The lowest BCUT2D eigenvalue weighted by molar-refractivity contribution is 1.11. The Morgan fingerprint density at radius 3 is 2.25 bits per heavy atom. The van der Waals surface area contributed by atoms with Crippen LogP contribution < -0.4 is 11.3 Å². The van der Waals surface area contributed by atoms with Gasteiger partial charge in [0, 0.05) is 15.8 Å². The van der Waals surface area contributed by atoms with Gasteiger partial charge < -0.3 is 5.43 Å². The number of rotatable bonds is 3. The van der Waals surface area contributed by atoms with Crippen molar-refractivity contribution in [1.82, 2.24) is 0 Å². The van der Waals surface area contributed by atoms with Gasteiger partial charge in [-0.05, 0) is 24.3 Å². The van der Waals surface area contributed by atoms with E-state index in [0.29, 0.717) is 5.25 Å². The Hall–Kier alpha value is -0.670. The fraction of sp³-hybridized carbons (Fsp3) is 0.333. The van der Waals surface area contributed by atoms with Gasteiger partial charge in [0.2, 0.25) is 0 Å². The van der Waals surface area contributed by atoms with Gasteiger partial charge >= 0.3 is 0 Å². The van der Waals surface area contributed by atoms with Crippen LogP contribution in [0.15, 0.2) is 29.2 Å². The van der Waals surface area contributed by atoms with Crippen LogP contribution in [0.25, 0.3) is 0 Å². The molecule has 3 N–H and O–H groups in total. The lowest BCUT2D eigenvalue weighted by Crippen LogP contribution is -2.05. The summed E-state index contributed by atoms with van der Waals surface area (Å²) in [4.78, 5) is 1.28. The summed E-state index contributed by atoms with van der Waals surface area (Å²) in [7, 11) is 0. The monoisotopic (exact) mass is 182 g/mol. The third-order valence-corrected chi connectivity index (χ3v) is 2.41. The van der Waals surface area contributed by atoms with Crippen molar-refractivity contribution in [2.45, 2.75) is 24.0 Å². The van der Waals surface area contributed by atoms with Crippen molar-refractivity contribution in [2.75, 3.05) is 5.43 Å². The molecule has 0 fully saturated rings. The highest BCUT2D eigenvalue weighted by atomic mass is 32.2. The molecule has 0 aliphatic rings. The fourth-order valence-electron chi connectivity index (χ4n) is 0.902. The van der Waals surface area contributed by atoms with Crippen molar-refractivity contribution in [3.05, 3.63) is 24.3 Å². The first-order valence-corrected chi connectivity index (χ1v) is 4.83. The molecule has 0 aromatic heterocycles. The molecular weight excluding hydrogens is 168 g/mol. The maximum Gasteiger partial charge on any atom is 0.0485 e. The molecule has 0 saturated carbocycles. The van der Waals surface area contributed by atoms with E-state index in [1.807, 2.05) is 23.9 Å². The van der Waals surface area contributed by atoms with E-state index in [1.54, 1.807) is 0 Å². The third kappa shape index (κ3) is 2.75. The number of nitrogens with one attached hydrogen (secondary N) is 1. The molecular formula is C9H14N2S. The second-order valence-corrected chi connectivity index (χ2v) is 4.49. The van der Waals surface area contributed by atoms with Crippen LogP contribution in [0.5, 0.6) is 0 Å². The molecule has 0 unspecified atom stereocenters. The number of nitrogen functional groups attached to an aromatic ring is 1. The molecule has 1 aromatic carbocycles. The molecule has 0 amide bonds. The van der Waals surface area contributed by atoms with Crippen LogP contribution in [-0.2, 0) is 0 Å². The molecule has 3 heteroatoms. The van der Waals surface area contributed by atoms with Crippen LogP contribution in [0.4, 0.5) is 5.69 Å². The van der Waals surface area contributed by atoms with Crippen LogP contribution in [0.1, 0.15) is 13.8 Å². The van der Waals surface area contributed by atoms with Crippen molar-refractivity contribution >= 4 is 17.4 Å². The van der Waals surface area contributed by atoms with Gasteiger partial charge in [-0.2, -0.15) is 0 Å². The highest BCUT2D eigenvalue weighted by molar-refractivity contribution is 7.99. The standard InChI is InChI=1S/C9H14N2S/c1-7(2)12-9-5-3-8(11-10)4-6-9/h3-7,11H,10H2,1-2H3. The lowest BCUT2D eigenvalue weighted by atomic mass is 10.3. The number of anilines is 1. The Morgan fingerprint density at radius 1 is 1.25 bits per heavy atom. The normalized spacial score (nSPS) is 10.3. The first kappa shape index (κ1) is 9.42. The molecule has 0 spiro atoms. The number of hydrogen-bond acceptors (Lipinski definition) is 3. The first-order valence-electron chi connectivity index (χ1n) is 3.95. The summed E-state index contributed by atoms with van der Waals surface area (Å²) < 4.78 is 0. The summed E-state index contributed by atoms with van der Waals surface area (Å²) >= 11 is 1.85. The van der Waals surface area contributed by atoms with Gasteiger partial charge in [0.05, 0.1) is 0 Å². The highest BCUT2D eigenvalue weighted by Gasteiger charge is 1.97. The molecule has 1 aromatic rings. The molecule has 0 heterocycles. The molecule has 0 aliphatic carbocycles. The molecule has 0 radical (unpaired) electrons. The van der Waals surface area contributed by atoms with Crippen molar-refractivity contribution in [1.29, 1.82) is 0 Å². The summed E-state index contributed by atoms with van der Waals surface area (Å²) in [6.07, 6.45) is 0. The van der Waals surface area contributed by atoms with E-state index in [9.17, 15) is 0 Å². The zero-order valence-electron chi connectivity index (χ0n) is 7.37. The minimum atomic E-state index is 0.627. The predicted octanol–water partition coefficient (Wildman–Crippen LogP) is 2.47. The summed E-state index contributed by atoms with van der Waals surface area (Å²) in [5.41, 5.74) is 3.55. The second-order valence-electron chi connectivity index (χ2n) is 2.84. The first-order chi connectivity index (χ1) is 5.72. The Morgan fingerprint density at radius 2 is 1.83 bits per heavy atom. The molecule has 0 saturated heterocycles. The molecule has 2 nitrogen and oxygen atoms in total. The van der Waals surface area contributed by atoms with E-state index in [-0.39, 0.29) is 0 Å². The van der Waals surface area contributed by atoms with Crippen molar-refractivity contribution in [3.63, 3.8) is 0 Å². The average Bonchev–Trinajstić information content (AvgIpc) is 2.05. The van der Waals surface area contributed by atoms with E-state index in [0.717, 1.165) is 5.69 Å². The highest BCUT2D eigenvalue weighted by Crippen LogP contribution is 2.23. The molecule has 0 bridgehead atoms. The van der Waals surface area contributed by atoms with Crippen LogP contribution >= 0.6 is 11.8 Å². The van der Waals surface area contributed by atoms with Gasteiger partial charge in [0.15, 0.2) is 0 Å². The van der Waals surface area contributed by atoms with Crippen LogP contribution in [0.2, 0.25) is 0 Å². The van der Waals surface area contributed by atoms with Gasteiger partial charge in [-0.25, -0.2) is 0 Å². The summed E-state index contributed by atoms with van der Waals surface area (Å²) in [5.74, 6) is 5.24.